The van der Waals surface area contributed by atoms with Crippen LogP contribution >= 0.6 is 11.8 Å². The minimum absolute atomic E-state index is 0.134. The Bertz CT molecular complexity index is 378. The molecule has 3 amide bonds. The number of hydrogen-bond donors (Lipinski definition) is 1. The minimum atomic E-state index is -0.279. The second-order valence-electron chi connectivity index (χ2n) is 3.37. The Morgan fingerprint density at radius 1 is 1.25 bits per heavy atom. The third-order valence-electron chi connectivity index (χ3n) is 2.26. The van der Waals surface area contributed by atoms with Crippen molar-refractivity contribution in [2.45, 2.75) is 4.90 Å². The second kappa shape index (κ2) is 5.03. The van der Waals surface area contributed by atoms with E-state index in [0.717, 1.165) is 10.6 Å². The summed E-state index contributed by atoms with van der Waals surface area (Å²) >= 11 is 1.64. The molecule has 1 aromatic carbocycles. The Hall–Kier alpha value is -1.49. The highest BCUT2D eigenvalue weighted by atomic mass is 32.2. The van der Waals surface area contributed by atoms with Crippen molar-refractivity contribution in [2.75, 3.05) is 18.8 Å². The molecule has 1 N–H and O–H groups in total. The highest BCUT2D eigenvalue weighted by Crippen LogP contribution is 2.17. The Balaban J connectivity index is 1.80. The molecule has 0 unspecified atom stereocenters. The fourth-order valence-corrected chi connectivity index (χ4v) is 2.31. The van der Waals surface area contributed by atoms with E-state index in [-0.39, 0.29) is 18.5 Å². The fraction of sp³-hybridized carbons (Fsp3) is 0.273. The predicted octanol–water partition coefficient (Wildman–Crippen LogP) is 1.33. The van der Waals surface area contributed by atoms with Crippen molar-refractivity contribution in [2.24, 2.45) is 0 Å². The number of imide groups is 1. The molecule has 0 aliphatic carbocycles. The summed E-state index contributed by atoms with van der Waals surface area (Å²) in [5, 5.41) is 2.50. The van der Waals surface area contributed by atoms with Crippen LogP contribution in [0.25, 0.3) is 0 Å². The fourth-order valence-electron chi connectivity index (χ4n) is 1.45. The standard InChI is InChI=1S/C11H12N2O2S/c14-10-8-12-11(15)13(10)6-7-16-9-4-2-1-3-5-9/h1-5H,6-8H2,(H,12,15). The summed E-state index contributed by atoms with van der Waals surface area (Å²) in [6.45, 7) is 0.596. The van der Waals surface area contributed by atoms with E-state index in [0.29, 0.717) is 6.54 Å². The molecular weight excluding hydrogens is 224 g/mol. The summed E-state index contributed by atoms with van der Waals surface area (Å²) in [5.41, 5.74) is 0. The molecule has 1 heterocycles. The first-order valence-electron chi connectivity index (χ1n) is 5.03. The van der Waals surface area contributed by atoms with Gasteiger partial charge in [0.2, 0.25) is 5.91 Å². The predicted molar refractivity (Wildman–Crippen MR) is 62.3 cm³/mol. The molecule has 5 heteroatoms. The van der Waals surface area contributed by atoms with E-state index in [1.165, 1.54) is 4.90 Å². The summed E-state index contributed by atoms with van der Waals surface area (Å²) in [5.74, 6) is 0.585. The van der Waals surface area contributed by atoms with E-state index in [1.807, 2.05) is 30.3 Å². The highest BCUT2D eigenvalue weighted by molar-refractivity contribution is 7.99. The van der Waals surface area contributed by atoms with Crippen LogP contribution in [0.15, 0.2) is 35.2 Å². The number of rotatable bonds is 4. The monoisotopic (exact) mass is 236 g/mol. The number of thioether (sulfide) groups is 1. The zero-order valence-corrected chi connectivity index (χ0v) is 9.50. The lowest BCUT2D eigenvalue weighted by atomic mass is 10.4. The summed E-state index contributed by atoms with van der Waals surface area (Å²) in [4.78, 5) is 24.9. The normalized spacial score (nSPS) is 15.4. The molecule has 1 fully saturated rings. The third kappa shape index (κ3) is 2.55. The van der Waals surface area contributed by atoms with Gasteiger partial charge in [-0.25, -0.2) is 4.79 Å². The van der Waals surface area contributed by atoms with Crippen LogP contribution in [0.1, 0.15) is 0 Å². The smallest absolute Gasteiger partial charge is 0.324 e. The molecule has 0 saturated carbocycles. The van der Waals surface area contributed by atoms with Crippen molar-refractivity contribution in [1.29, 1.82) is 0 Å². The largest absolute Gasteiger partial charge is 0.329 e. The molecule has 4 nitrogen and oxygen atoms in total. The molecule has 1 aliphatic rings. The molecule has 1 aliphatic heterocycles. The number of carbonyl (C=O) groups excluding carboxylic acids is 2. The van der Waals surface area contributed by atoms with Crippen LogP contribution in [0, 0.1) is 0 Å². The Morgan fingerprint density at radius 2 is 2.00 bits per heavy atom. The molecule has 2 rings (SSSR count). The van der Waals surface area contributed by atoms with Crippen LogP contribution < -0.4 is 5.32 Å². The van der Waals surface area contributed by atoms with Gasteiger partial charge < -0.3 is 5.32 Å². The van der Waals surface area contributed by atoms with Crippen LogP contribution in [0.5, 0.6) is 0 Å². The van der Waals surface area contributed by atoms with Crippen molar-refractivity contribution in [3.63, 3.8) is 0 Å². The number of nitrogens with zero attached hydrogens (tertiary/aromatic N) is 1. The highest BCUT2D eigenvalue weighted by Gasteiger charge is 2.27. The first-order valence-corrected chi connectivity index (χ1v) is 6.02. The summed E-state index contributed by atoms with van der Waals surface area (Å²) in [6.07, 6.45) is 0. The van der Waals surface area contributed by atoms with Crippen molar-refractivity contribution >= 4 is 23.7 Å². The van der Waals surface area contributed by atoms with Gasteiger partial charge in [-0.3, -0.25) is 9.69 Å². The number of urea groups is 1. The Kier molecular flexibility index (Phi) is 3.46. The molecule has 0 aromatic heterocycles. The van der Waals surface area contributed by atoms with Gasteiger partial charge in [-0.1, -0.05) is 18.2 Å². The van der Waals surface area contributed by atoms with Crippen molar-refractivity contribution in [3.05, 3.63) is 30.3 Å². The van der Waals surface area contributed by atoms with E-state index in [9.17, 15) is 9.59 Å². The molecule has 16 heavy (non-hydrogen) atoms. The van der Waals surface area contributed by atoms with Gasteiger partial charge >= 0.3 is 6.03 Å². The quantitative estimate of drug-likeness (QED) is 0.634. The van der Waals surface area contributed by atoms with Crippen molar-refractivity contribution in [3.8, 4) is 0 Å². The topological polar surface area (TPSA) is 49.4 Å². The maximum Gasteiger partial charge on any atom is 0.324 e. The number of hydrogen-bond acceptors (Lipinski definition) is 3. The van der Waals surface area contributed by atoms with Crippen LogP contribution in [-0.4, -0.2) is 35.7 Å². The van der Waals surface area contributed by atoms with Crippen molar-refractivity contribution in [1.82, 2.24) is 10.2 Å². The van der Waals surface area contributed by atoms with E-state index in [4.69, 9.17) is 0 Å². The van der Waals surface area contributed by atoms with Gasteiger partial charge in [0, 0.05) is 17.2 Å². The second-order valence-corrected chi connectivity index (χ2v) is 4.53. The zero-order valence-electron chi connectivity index (χ0n) is 8.68. The van der Waals surface area contributed by atoms with Gasteiger partial charge in [-0.2, -0.15) is 0 Å². The maximum atomic E-state index is 11.3. The first kappa shape index (κ1) is 11.0. The van der Waals surface area contributed by atoms with Gasteiger partial charge in [0.15, 0.2) is 0 Å². The van der Waals surface area contributed by atoms with Gasteiger partial charge in [-0.05, 0) is 12.1 Å². The van der Waals surface area contributed by atoms with Crippen LogP contribution in [0.4, 0.5) is 4.79 Å². The maximum absolute atomic E-state index is 11.3. The van der Waals surface area contributed by atoms with Crippen LogP contribution in [-0.2, 0) is 4.79 Å². The number of amides is 3. The number of benzene rings is 1. The van der Waals surface area contributed by atoms with E-state index >= 15 is 0 Å². The van der Waals surface area contributed by atoms with Gasteiger partial charge in [-0.15, -0.1) is 11.8 Å². The van der Waals surface area contributed by atoms with Gasteiger partial charge in [0.1, 0.15) is 0 Å². The zero-order chi connectivity index (χ0) is 11.4. The SMILES string of the molecule is O=C1CNC(=O)N1CCSc1ccccc1. The minimum Gasteiger partial charge on any atom is -0.329 e. The summed E-state index contributed by atoms with van der Waals surface area (Å²) < 4.78 is 0. The Morgan fingerprint density at radius 3 is 2.62 bits per heavy atom. The number of carbonyl (C=O) groups is 2. The summed E-state index contributed by atoms with van der Waals surface area (Å²) in [7, 11) is 0. The average Bonchev–Trinajstić information content (AvgIpc) is 2.62. The summed E-state index contributed by atoms with van der Waals surface area (Å²) in [6, 6.07) is 9.64. The molecule has 1 aromatic rings. The van der Waals surface area contributed by atoms with Crippen molar-refractivity contribution < 1.29 is 9.59 Å². The van der Waals surface area contributed by atoms with E-state index in [1.54, 1.807) is 11.8 Å². The lowest BCUT2D eigenvalue weighted by Gasteiger charge is -2.11. The lowest BCUT2D eigenvalue weighted by molar-refractivity contribution is -0.124. The van der Waals surface area contributed by atoms with E-state index in [2.05, 4.69) is 5.32 Å². The molecule has 1 saturated heterocycles. The first-order chi connectivity index (χ1) is 7.77. The molecule has 0 spiro atoms. The third-order valence-corrected chi connectivity index (χ3v) is 3.26. The van der Waals surface area contributed by atoms with Gasteiger partial charge in [0.25, 0.3) is 0 Å². The van der Waals surface area contributed by atoms with Crippen LogP contribution in [0.2, 0.25) is 0 Å². The molecule has 84 valence electrons. The molecular formula is C11H12N2O2S. The molecule has 0 atom stereocenters. The Labute approximate surface area is 98.0 Å². The lowest BCUT2D eigenvalue weighted by Crippen LogP contribution is -2.32. The van der Waals surface area contributed by atoms with Gasteiger partial charge in [0.05, 0.1) is 6.54 Å². The number of nitrogens with one attached hydrogen (secondary N) is 1. The molecule has 0 bridgehead atoms. The average molecular weight is 236 g/mol. The van der Waals surface area contributed by atoms with E-state index < -0.39 is 0 Å². The van der Waals surface area contributed by atoms with Crippen LogP contribution in [0.3, 0.4) is 0 Å². The molecule has 0 radical (unpaired) electrons.